The van der Waals surface area contributed by atoms with Crippen LogP contribution in [0.3, 0.4) is 0 Å². The van der Waals surface area contributed by atoms with Crippen molar-refractivity contribution >= 4 is 29.1 Å². The Morgan fingerprint density at radius 2 is 1.63 bits per heavy atom. The predicted octanol–water partition coefficient (Wildman–Crippen LogP) is 5.31. The van der Waals surface area contributed by atoms with E-state index in [2.05, 4.69) is 6.07 Å². The Kier molecular flexibility index (Phi) is 4.39. The third kappa shape index (κ3) is 2.88. The molecule has 0 aromatic heterocycles. The Morgan fingerprint density at radius 1 is 0.963 bits per heavy atom. The van der Waals surface area contributed by atoms with Crippen LogP contribution in [0.4, 0.5) is 0 Å². The lowest BCUT2D eigenvalue weighted by Crippen LogP contribution is -2.39. The third-order valence-electron chi connectivity index (χ3n) is 4.78. The van der Waals surface area contributed by atoms with Crippen LogP contribution in [0.15, 0.2) is 72.8 Å². The molecule has 0 aliphatic carbocycles. The summed E-state index contributed by atoms with van der Waals surface area (Å²) in [6.45, 7) is 0.325. The Hall–Kier alpha value is -2.80. The number of carbonyl (C=O) groups excluding carboxylic acids is 1. The molecule has 3 aromatic carbocycles. The molecule has 0 spiro atoms. The van der Waals surface area contributed by atoms with Crippen LogP contribution in [0.25, 0.3) is 0 Å². The highest BCUT2D eigenvalue weighted by Crippen LogP contribution is 2.48. The minimum Gasteiger partial charge on any atom is -0.307 e. The summed E-state index contributed by atoms with van der Waals surface area (Å²) < 4.78 is 0. The maximum atomic E-state index is 13.1. The van der Waals surface area contributed by atoms with E-state index >= 15 is 0 Å². The highest BCUT2D eigenvalue weighted by Gasteiger charge is 2.49. The van der Waals surface area contributed by atoms with Crippen LogP contribution in [-0.2, 0) is 11.5 Å². The molecule has 0 radical (unpaired) electrons. The average Bonchev–Trinajstić information content (AvgIpc) is 2.92. The lowest BCUT2D eigenvalue weighted by molar-refractivity contribution is 0.0702. The van der Waals surface area contributed by atoms with Gasteiger partial charge >= 0.3 is 0 Å². The summed E-state index contributed by atoms with van der Waals surface area (Å²) in [5.41, 5.74) is 3.60. The summed E-state index contributed by atoms with van der Waals surface area (Å²) in [6.07, 6.45) is 0. The summed E-state index contributed by atoms with van der Waals surface area (Å²) in [4.78, 5) is 13.7. The molecular formula is C22H14Cl2N2O. The summed E-state index contributed by atoms with van der Waals surface area (Å²) in [7, 11) is 0. The topological polar surface area (TPSA) is 44.1 Å². The smallest absolute Gasteiger partial charge is 0.256 e. The van der Waals surface area contributed by atoms with E-state index in [4.69, 9.17) is 28.5 Å². The fourth-order valence-electron chi connectivity index (χ4n) is 3.42. The first-order chi connectivity index (χ1) is 13.0. The molecule has 5 heteroatoms. The van der Waals surface area contributed by atoms with Gasteiger partial charge in [0.15, 0.2) is 5.00 Å². The maximum Gasteiger partial charge on any atom is 0.256 e. The van der Waals surface area contributed by atoms with E-state index in [0.29, 0.717) is 22.7 Å². The zero-order valence-corrected chi connectivity index (χ0v) is 15.7. The van der Waals surface area contributed by atoms with Gasteiger partial charge in [-0.05, 0) is 41.5 Å². The predicted molar refractivity (Wildman–Crippen MR) is 106 cm³/mol. The van der Waals surface area contributed by atoms with Crippen molar-refractivity contribution in [2.45, 2.75) is 11.5 Å². The fraction of sp³-hybridized carbons (Fsp3) is 0.0909. The summed E-state index contributed by atoms with van der Waals surface area (Å²) in [6, 6.07) is 23.9. The zero-order valence-electron chi connectivity index (χ0n) is 14.2. The first-order valence-corrected chi connectivity index (χ1v) is 9.15. The Bertz CT molecular complexity index is 1050. The van der Waals surface area contributed by atoms with Crippen LogP contribution in [0, 0.1) is 11.3 Å². The molecule has 1 unspecified atom stereocenters. The largest absolute Gasteiger partial charge is 0.307 e. The number of nitrogens with zero attached hydrogens (tertiary/aromatic N) is 2. The molecule has 3 aromatic rings. The summed E-state index contributed by atoms with van der Waals surface area (Å²) >= 11 is 13.2. The van der Waals surface area contributed by atoms with Gasteiger partial charge in [0.25, 0.3) is 5.91 Å². The lowest BCUT2D eigenvalue weighted by atomic mass is 9.97. The molecule has 0 fully saturated rings. The van der Waals surface area contributed by atoms with Crippen LogP contribution in [0.5, 0.6) is 0 Å². The van der Waals surface area contributed by atoms with E-state index in [9.17, 15) is 4.79 Å². The molecule has 1 aliphatic rings. The minimum absolute atomic E-state index is 0.125. The number of hydrogen-bond acceptors (Lipinski definition) is 2. The molecule has 1 heterocycles. The number of amides is 1. The summed E-state index contributed by atoms with van der Waals surface area (Å²) in [5.74, 6) is -0.125. The Labute approximate surface area is 167 Å². The van der Waals surface area contributed by atoms with Crippen LogP contribution in [-0.4, -0.2) is 10.8 Å². The number of nitriles is 1. The molecular weight excluding hydrogens is 379 g/mol. The van der Waals surface area contributed by atoms with Crippen molar-refractivity contribution in [3.8, 4) is 6.07 Å². The molecule has 1 atom stereocenters. The number of carbonyl (C=O) groups is 1. The van der Waals surface area contributed by atoms with Crippen molar-refractivity contribution < 1.29 is 4.79 Å². The minimum atomic E-state index is -1.12. The van der Waals surface area contributed by atoms with E-state index in [0.717, 1.165) is 16.7 Å². The molecule has 0 saturated heterocycles. The van der Waals surface area contributed by atoms with Gasteiger partial charge in [0, 0.05) is 22.7 Å². The average molecular weight is 393 g/mol. The lowest BCUT2D eigenvalue weighted by Gasteiger charge is -2.34. The van der Waals surface area contributed by atoms with Crippen molar-refractivity contribution in [3.63, 3.8) is 0 Å². The molecule has 1 amide bonds. The number of benzene rings is 3. The molecule has 0 N–H and O–H groups in total. The highest BCUT2D eigenvalue weighted by molar-refractivity contribution is 6.31. The Morgan fingerprint density at radius 3 is 2.30 bits per heavy atom. The van der Waals surface area contributed by atoms with Crippen molar-refractivity contribution in [1.29, 1.82) is 5.26 Å². The van der Waals surface area contributed by atoms with Gasteiger partial charge in [-0.25, -0.2) is 0 Å². The number of fused-ring (bicyclic) bond motifs is 1. The van der Waals surface area contributed by atoms with Crippen molar-refractivity contribution in [2.75, 3.05) is 0 Å². The molecule has 27 heavy (non-hydrogen) atoms. The monoisotopic (exact) mass is 392 g/mol. The standard InChI is InChI=1S/C22H14Cl2N2O/c23-18-11-9-17(10-12-18)22(24)20-4-2-1-3-19(20)21(27)26(22)14-16-7-5-15(13-25)6-8-16/h1-12H,14H2. The number of alkyl halides is 1. The number of hydrogen-bond donors (Lipinski definition) is 0. The van der Waals surface area contributed by atoms with Crippen molar-refractivity contribution in [2.24, 2.45) is 0 Å². The molecule has 0 bridgehead atoms. The van der Waals surface area contributed by atoms with E-state index in [-0.39, 0.29) is 5.91 Å². The van der Waals surface area contributed by atoms with E-state index in [1.807, 2.05) is 42.5 Å². The van der Waals surface area contributed by atoms with Crippen LogP contribution in [0.2, 0.25) is 5.02 Å². The zero-order chi connectivity index (χ0) is 19.0. The van der Waals surface area contributed by atoms with Gasteiger partial charge in [0.05, 0.1) is 11.6 Å². The number of halogens is 2. The second-order valence-corrected chi connectivity index (χ2v) is 7.36. The fourth-order valence-corrected chi connectivity index (χ4v) is 3.97. The first-order valence-electron chi connectivity index (χ1n) is 8.39. The molecule has 0 saturated carbocycles. The molecule has 1 aliphatic heterocycles. The normalized spacial score (nSPS) is 18.3. The van der Waals surface area contributed by atoms with Gasteiger partial charge in [-0.1, -0.05) is 65.7 Å². The van der Waals surface area contributed by atoms with Gasteiger partial charge in [-0.2, -0.15) is 5.26 Å². The van der Waals surface area contributed by atoms with E-state index in [1.165, 1.54) is 0 Å². The van der Waals surface area contributed by atoms with E-state index in [1.54, 1.807) is 35.2 Å². The van der Waals surface area contributed by atoms with Crippen LogP contribution in [0.1, 0.15) is 32.6 Å². The van der Waals surface area contributed by atoms with Gasteiger partial charge in [-0.3, -0.25) is 4.79 Å². The van der Waals surface area contributed by atoms with Gasteiger partial charge < -0.3 is 4.90 Å². The molecule has 132 valence electrons. The number of rotatable bonds is 3. The van der Waals surface area contributed by atoms with Gasteiger partial charge in [0.1, 0.15) is 0 Å². The Balaban J connectivity index is 1.82. The molecule has 4 rings (SSSR count). The SMILES string of the molecule is N#Cc1ccc(CN2C(=O)c3ccccc3C2(Cl)c2ccc(Cl)cc2)cc1. The van der Waals surface area contributed by atoms with Crippen LogP contribution >= 0.6 is 23.2 Å². The molecule has 3 nitrogen and oxygen atoms in total. The van der Waals surface area contributed by atoms with Crippen molar-refractivity contribution in [3.05, 3.63) is 106 Å². The second kappa shape index (κ2) is 6.74. The first kappa shape index (κ1) is 17.6. The highest BCUT2D eigenvalue weighted by atomic mass is 35.5. The quantitative estimate of drug-likeness (QED) is 0.447. The van der Waals surface area contributed by atoms with Crippen LogP contribution < -0.4 is 0 Å². The van der Waals surface area contributed by atoms with Gasteiger partial charge in [0.2, 0.25) is 0 Å². The van der Waals surface area contributed by atoms with Gasteiger partial charge in [-0.15, -0.1) is 0 Å². The van der Waals surface area contributed by atoms with Crippen molar-refractivity contribution in [1.82, 2.24) is 4.90 Å². The summed E-state index contributed by atoms with van der Waals surface area (Å²) in [5, 5.41) is 9.59. The maximum absolute atomic E-state index is 13.1. The second-order valence-electron chi connectivity index (χ2n) is 6.37. The third-order valence-corrected chi connectivity index (χ3v) is 5.66. The van der Waals surface area contributed by atoms with E-state index < -0.39 is 5.00 Å².